The lowest BCUT2D eigenvalue weighted by molar-refractivity contribution is -0.143. The van der Waals surface area contributed by atoms with Gasteiger partial charge in [0, 0.05) is 0 Å². The molecule has 0 saturated carbocycles. The number of nitrogens with two attached hydrogens (primary N) is 1. The molecule has 0 saturated heterocycles. The van der Waals surface area contributed by atoms with Gasteiger partial charge in [-0.1, -0.05) is 41.5 Å². The Labute approximate surface area is 132 Å². The van der Waals surface area contributed by atoms with E-state index in [1.54, 1.807) is 27.7 Å². The maximum Gasteiger partial charge on any atom is 0.326 e. The second-order valence-electron chi connectivity index (χ2n) is 6.57. The summed E-state index contributed by atoms with van der Waals surface area (Å²) in [4.78, 5) is 35.5. The Hall–Kier alpha value is -1.63. The lowest BCUT2D eigenvalue weighted by Gasteiger charge is -2.27. The number of rotatable bonds is 8. The van der Waals surface area contributed by atoms with Crippen LogP contribution in [-0.4, -0.2) is 41.0 Å². The number of carboxylic acid groups (broad SMARTS) is 1. The third-order valence-corrected chi connectivity index (χ3v) is 3.50. The average molecular weight is 315 g/mol. The zero-order valence-electron chi connectivity index (χ0n) is 14.2. The molecule has 0 aromatic carbocycles. The molecule has 0 rings (SSSR count). The SMILES string of the molecule is CC(C)[C@H](NC(=O)[C@H](NC(=O)[C@H](N)C(C)C)C(C)C)C(=O)O. The Kier molecular flexibility index (Phi) is 8.08. The summed E-state index contributed by atoms with van der Waals surface area (Å²) in [5, 5.41) is 14.2. The number of carbonyl (C=O) groups excluding carboxylic acids is 2. The molecule has 5 N–H and O–H groups in total. The fourth-order valence-electron chi connectivity index (χ4n) is 1.84. The van der Waals surface area contributed by atoms with Crippen molar-refractivity contribution in [2.45, 2.75) is 59.7 Å². The first-order valence-electron chi connectivity index (χ1n) is 7.58. The smallest absolute Gasteiger partial charge is 0.326 e. The van der Waals surface area contributed by atoms with Gasteiger partial charge in [0.15, 0.2) is 0 Å². The van der Waals surface area contributed by atoms with Crippen LogP contribution in [0.3, 0.4) is 0 Å². The van der Waals surface area contributed by atoms with Gasteiger partial charge in [-0.25, -0.2) is 4.79 Å². The molecule has 0 fully saturated rings. The third kappa shape index (κ3) is 6.01. The number of amides is 2. The zero-order valence-corrected chi connectivity index (χ0v) is 14.2. The molecular weight excluding hydrogens is 286 g/mol. The lowest BCUT2D eigenvalue weighted by Crippen LogP contribution is -2.57. The molecule has 3 atom stereocenters. The van der Waals surface area contributed by atoms with Gasteiger partial charge in [0.1, 0.15) is 12.1 Å². The van der Waals surface area contributed by atoms with Crippen LogP contribution in [0.5, 0.6) is 0 Å². The van der Waals surface area contributed by atoms with Crippen LogP contribution in [0.15, 0.2) is 0 Å². The van der Waals surface area contributed by atoms with Crippen LogP contribution in [0.25, 0.3) is 0 Å². The van der Waals surface area contributed by atoms with E-state index in [2.05, 4.69) is 10.6 Å². The molecule has 0 radical (unpaired) electrons. The molecule has 0 aliphatic carbocycles. The van der Waals surface area contributed by atoms with E-state index in [4.69, 9.17) is 10.8 Å². The van der Waals surface area contributed by atoms with Crippen molar-refractivity contribution in [2.24, 2.45) is 23.5 Å². The largest absolute Gasteiger partial charge is 0.480 e. The Morgan fingerprint density at radius 2 is 1.18 bits per heavy atom. The first-order valence-corrected chi connectivity index (χ1v) is 7.58. The second kappa shape index (κ2) is 8.73. The number of carboxylic acids is 1. The van der Waals surface area contributed by atoms with Crippen LogP contribution >= 0.6 is 0 Å². The topological polar surface area (TPSA) is 122 Å². The molecule has 128 valence electrons. The Morgan fingerprint density at radius 3 is 1.50 bits per heavy atom. The highest BCUT2D eigenvalue weighted by Gasteiger charge is 2.31. The molecule has 0 bridgehead atoms. The second-order valence-corrected chi connectivity index (χ2v) is 6.57. The Balaban J connectivity index is 4.99. The quantitative estimate of drug-likeness (QED) is 0.514. The van der Waals surface area contributed by atoms with Crippen LogP contribution < -0.4 is 16.4 Å². The average Bonchev–Trinajstić information content (AvgIpc) is 2.39. The summed E-state index contributed by atoms with van der Waals surface area (Å²) in [5.41, 5.74) is 5.77. The maximum absolute atomic E-state index is 12.3. The Morgan fingerprint density at radius 1 is 0.773 bits per heavy atom. The molecule has 7 heteroatoms. The summed E-state index contributed by atoms with van der Waals surface area (Å²) < 4.78 is 0. The van der Waals surface area contributed by atoms with E-state index in [0.717, 1.165) is 0 Å². The summed E-state index contributed by atoms with van der Waals surface area (Å²) >= 11 is 0. The van der Waals surface area contributed by atoms with E-state index < -0.39 is 35.9 Å². The van der Waals surface area contributed by atoms with Gasteiger partial charge in [0.25, 0.3) is 0 Å². The summed E-state index contributed by atoms with van der Waals surface area (Å²) in [6.07, 6.45) is 0. The van der Waals surface area contributed by atoms with Crippen LogP contribution in [0, 0.1) is 17.8 Å². The molecule has 0 unspecified atom stereocenters. The normalized spacial score (nSPS) is 15.5. The van der Waals surface area contributed by atoms with Gasteiger partial charge in [-0.05, 0) is 17.8 Å². The number of aliphatic carboxylic acids is 1. The van der Waals surface area contributed by atoms with Crippen LogP contribution in [0.1, 0.15) is 41.5 Å². The van der Waals surface area contributed by atoms with E-state index in [-0.39, 0.29) is 17.8 Å². The van der Waals surface area contributed by atoms with Crippen molar-refractivity contribution in [1.82, 2.24) is 10.6 Å². The minimum Gasteiger partial charge on any atom is -0.480 e. The summed E-state index contributed by atoms with van der Waals surface area (Å²) in [6, 6.07) is -2.53. The van der Waals surface area contributed by atoms with E-state index in [1.807, 2.05) is 13.8 Å². The monoisotopic (exact) mass is 315 g/mol. The highest BCUT2D eigenvalue weighted by atomic mass is 16.4. The van der Waals surface area contributed by atoms with E-state index in [9.17, 15) is 14.4 Å². The number of hydrogen-bond acceptors (Lipinski definition) is 4. The third-order valence-electron chi connectivity index (χ3n) is 3.50. The molecular formula is C15H29N3O4. The molecule has 0 aliphatic heterocycles. The first-order chi connectivity index (χ1) is 9.98. The van der Waals surface area contributed by atoms with Crippen molar-refractivity contribution >= 4 is 17.8 Å². The first kappa shape index (κ1) is 20.4. The fourth-order valence-corrected chi connectivity index (χ4v) is 1.84. The van der Waals surface area contributed by atoms with Gasteiger partial charge < -0.3 is 21.5 Å². The standard InChI is InChI=1S/C15H29N3O4/c1-7(2)10(16)13(19)17-11(8(3)4)14(20)18-12(9(5)6)15(21)22/h7-12H,16H2,1-6H3,(H,17,19)(H,18,20)(H,21,22)/t10-,11-,12+/m1/s1. The molecule has 2 amide bonds. The summed E-state index contributed by atoms with van der Waals surface area (Å²) in [5.74, 6) is -2.54. The maximum atomic E-state index is 12.3. The summed E-state index contributed by atoms with van der Waals surface area (Å²) in [6.45, 7) is 10.6. The highest BCUT2D eigenvalue weighted by molar-refractivity contribution is 5.92. The van der Waals surface area contributed by atoms with Gasteiger partial charge in [-0.2, -0.15) is 0 Å². The molecule has 0 aliphatic rings. The molecule has 0 aromatic heterocycles. The van der Waals surface area contributed by atoms with Crippen LogP contribution in [0.2, 0.25) is 0 Å². The molecule has 22 heavy (non-hydrogen) atoms. The van der Waals surface area contributed by atoms with Crippen molar-refractivity contribution in [1.29, 1.82) is 0 Å². The number of carbonyl (C=O) groups is 3. The van der Waals surface area contributed by atoms with Gasteiger partial charge >= 0.3 is 5.97 Å². The van der Waals surface area contributed by atoms with Gasteiger partial charge in [-0.15, -0.1) is 0 Å². The van der Waals surface area contributed by atoms with Crippen molar-refractivity contribution in [3.63, 3.8) is 0 Å². The molecule has 0 heterocycles. The predicted octanol–water partition coefficient (Wildman–Crippen LogP) is 0.336. The molecule has 7 nitrogen and oxygen atoms in total. The van der Waals surface area contributed by atoms with Crippen molar-refractivity contribution in [3.05, 3.63) is 0 Å². The highest BCUT2D eigenvalue weighted by Crippen LogP contribution is 2.08. The number of nitrogens with one attached hydrogen (secondary N) is 2. The molecule has 0 aromatic rings. The Bertz CT molecular complexity index is 408. The fraction of sp³-hybridized carbons (Fsp3) is 0.800. The zero-order chi connectivity index (χ0) is 17.6. The summed E-state index contributed by atoms with van der Waals surface area (Å²) in [7, 11) is 0. The van der Waals surface area contributed by atoms with E-state index in [1.165, 1.54) is 0 Å². The van der Waals surface area contributed by atoms with E-state index in [0.29, 0.717) is 0 Å². The van der Waals surface area contributed by atoms with Gasteiger partial charge in [-0.3, -0.25) is 9.59 Å². The minimum absolute atomic E-state index is 0.0571. The lowest BCUT2D eigenvalue weighted by atomic mass is 9.98. The van der Waals surface area contributed by atoms with Gasteiger partial charge in [0.05, 0.1) is 6.04 Å². The van der Waals surface area contributed by atoms with Gasteiger partial charge in [0.2, 0.25) is 11.8 Å². The van der Waals surface area contributed by atoms with Crippen molar-refractivity contribution in [2.75, 3.05) is 0 Å². The van der Waals surface area contributed by atoms with Crippen molar-refractivity contribution in [3.8, 4) is 0 Å². The van der Waals surface area contributed by atoms with Crippen LogP contribution in [0.4, 0.5) is 0 Å². The van der Waals surface area contributed by atoms with E-state index >= 15 is 0 Å². The predicted molar refractivity (Wildman–Crippen MR) is 84.0 cm³/mol. The minimum atomic E-state index is -1.10. The van der Waals surface area contributed by atoms with Crippen molar-refractivity contribution < 1.29 is 19.5 Å². The van der Waals surface area contributed by atoms with Crippen LogP contribution in [-0.2, 0) is 14.4 Å². The number of hydrogen-bond donors (Lipinski definition) is 4. The molecule has 0 spiro atoms.